The van der Waals surface area contributed by atoms with Gasteiger partial charge >= 0.3 is 0 Å². The molecule has 2 heterocycles. The lowest BCUT2D eigenvalue weighted by atomic mass is 10.0. The molecule has 0 saturated carbocycles. The average Bonchev–Trinajstić information content (AvgIpc) is 2.92. The molecule has 6 nitrogen and oxygen atoms in total. The molecule has 6 rings (SSSR count). The van der Waals surface area contributed by atoms with E-state index < -0.39 is 0 Å². The normalized spacial score (nSPS) is 11.4. The SMILES string of the molecule is Cc1ccc(-n2c(C)nc3ccc(-c4ccc5nc(C)n(-c6ccc(C)c(C)c6)c(=O)c5c4)cc3c2=O)cc1C. The maximum Gasteiger partial charge on any atom is 0.265 e. The molecular weight excluding hydrogens is 496 g/mol. The van der Waals surface area contributed by atoms with Gasteiger partial charge in [-0.05, 0) is 123 Å². The number of aryl methyl sites for hydroxylation is 6. The van der Waals surface area contributed by atoms with E-state index in [0.717, 1.165) is 33.6 Å². The average molecular weight is 527 g/mol. The van der Waals surface area contributed by atoms with E-state index in [1.807, 2.05) is 100 Å². The van der Waals surface area contributed by atoms with Gasteiger partial charge in [0, 0.05) is 0 Å². The standard InChI is InChI=1S/C34H30N4O2/c1-19-7-11-27(15-21(19)3)37-23(5)35-31-13-9-25(17-29(31)33(37)39)26-10-14-32-30(18-26)34(40)38(24(6)36-32)28-12-8-20(2)22(4)16-28/h7-18H,1-6H3. The van der Waals surface area contributed by atoms with E-state index in [1.54, 1.807) is 9.13 Å². The van der Waals surface area contributed by atoms with Gasteiger partial charge in [-0.3, -0.25) is 18.7 Å². The molecule has 4 aromatic carbocycles. The number of hydrogen-bond acceptors (Lipinski definition) is 4. The first kappa shape index (κ1) is 25.4. The molecular formula is C34H30N4O2. The van der Waals surface area contributed by atoms with Crippen LogP contribution in [0.1, 0.15) is 33.9 Å². The van der Waals surface area contributed by atoms with Crippen LogP contribution in [-0.4, -0.2) is 19.1 Å². The van der Waals surface area contributed by atoms with Crippen LogP contribution >= 0.6 is 0 Å². The fraction of sp³-hybridized carbons (Fsp3) is 0.176. The highest BCUT2D eigenvalue weighted by molar-refractivity contribution is 5.88. The Bertz CT molecular complexity index is 1970. The summed E-state index contributed by atoms with van der Waals surface area (Å²) in [7, 11) is 0. The zero-order valence-electron chi connectivity index (χ0n) is 23.5. The van der Waals surface area contributed by atoms with Crippen LogP contribution in [0.5, 0.6) is 0 Å². The van der Waals surface area contributed by atoms with Crippen LogP contribution in [0.2, 0.25) is 0 Å². The molecule has 0 bridgehead atoms. The van der Waals surface area contributed by atoms with Crippen molar-refractivity contribution >= 4 is 21.8 Å². The van der Waals surface area contributed by atoms with Crippen molar-refractivity contribution in [1.82, 2.24) is 19.1 Å². The lowest BCUT2D eigenvalue weighted by Crippen LogP contribution is -2.22. The molecule has 0 aliphatic rings. The first-order valence-electron chi connectivity index (χ1n) is 13.3. The summed E-state index contributed by atoms with van der Waals surface area (Å²) in [6, 6.07) is 23.3. The van der Waals surface area contributed by atoms with Gasteiger partial charge in [0.25, 0.3) is 11.1 Å². The van der Waals surface area contributed by atoms with Gasteiger partial charge in [0.05, 0.1) is 33.2 Å². The Morgan fingerprint density at radius 2 is 0.875 bits per heavy atom. The van der Waals surface area contributed by atoms with E-state index in [2.05, 4.69) is 13.8 Å². The fourth-order valence-corrected chi connectivity index (χ4v) is 5.29. The van der Waals surface area contributed by atoms with E-state index in [1.165, 1.54) is 11.1 Å². The Hall–Kier alpha value is -4.84. The van der Waals surface area contributed by atoms with Crippen molar-refractivity contribution in [1.29, 1.82) is 0 Å². The van der Waals surface area contributed by atoms with Crippen molar-refractivity contribution in [2.75, 3.05) is 0 Å². The van der Waals surface area contributed by atoms with E-state index in [-0.39, 0.29) is 11.1 Å². The van der Waals surface area contributed by atoms with Gasteiger partial charge in [-0.15, -0.1) is 0 Å². The van der Waals surface area contributed by atoms with Crippen LogP contribution in [0.4, 0.5) is 0 Å². The Balaban J connectivity index is 1.52. The maximum atomic E-state index is 13.7. The third kappa shape index (κ3) is 4.13. The van der Waals surface area contributed by atoms with Crippen LogP contribution in [0.3, 0.4) is 0 Å². The third-order valence-corrected chi connectivity index (χ3v) is 7.90. The van der Waals surface area contributed by atoms with E-state index in [9.17, 15) is 9.59 Å². The van der Waals surface area contributed by atoms with E-state index in [4.69, 9.17) is 9.97 Å². The maximum absolute atomic E-state index is 13.7. The van der Waals surface area contributed by atoms with Gasteiger partial charge in [0.1, 0.15) is 11.6 Å². The smallest absolute Gasteiger partial charge is 0.265 e. The van der Waals surface area contributed by atoms with Crippen LogP contribution in [-0.2, 0) is 0 Å². The molecule has 6 heteroatoms. The molecule has 198 valence electrons. The molecule has 40 heavy (non-hydrogen) atoms. The van der Waals surface area contributed by atoms with E-state index in [0.29, 0.717) is 33.5 Å². The molecule has 0 N–H and O–H groups in total. The summed E-state index contributed by atoms with van der Waals surface area (Å²) in [4.78, 5) is 37.0. The molecule has 0 aliphatic heterocycles. The highest BCUT2D eigenvalue weighted by Crippen LogP contribution is 2.26. The fourth-order valence-electron chi connectivity index (χ4n) is 5.29. The van der Waals surface area contributed by atoms with Crippen LogP contribution in [0.15, 0.2) is 82.4 Å². The number of aromatic nitrogens is 4. The highest BCUT2D eigenvalue weighted by atomic mass is 16.1. The molecule has 0 fully saturated rings. The summed E-state index contributed by atoms with van der Waals surface area (Å²) in [5.74, 6) is 1.26. The summed E-state index contributed by atoms with van der Waals surface area (Å²) < 4.78 is 3.32. The van der Waals surface area contributed by atoms with Crippen molar-refractivity contribution in [3.8, 4) is 22.5 Å². The number of benzene rings is 4. The van der Waals surface area contributed by atoms with Crippen molar-refractivity contribution in [3.05, 3.63) is 127 Å². The van der Waals surface area contributed by atoms with Gasteiger partial charge < -0.3 is 0 Å². The minimum atomic E-state index is -0.122. The van der Waals surface area contributed by atoms with Gasteiger partial charge in [-0.1, -0.05) is 24.3 Å². The molecule has 0 aliphatic carbocycles. The first-order valence-corrected chi connectivity index (χ1v) is 13.3. The first-order chi connectivity index (χ1) is 19.1. The minimum absolute atomic E-state index is 0.122. The van der Waals surface area contributed by atoms with Gasteiger partial charge in [-0.25, -0.2) is 9.97 Å². The van der Waals surface area contributed by atoms with Crippen LogP contribution < -0.4 is 11.1 Å². The molecule has 0 atom stereocenters. The van der Waals surface area contributed by atoms with Crippen molar-refractivity contribution in [2.24, 2.45) is 0 Å². The highest BCUT2D eigenvalue weighted by Gasteiger charge is 2.15. The second kappa shape index (κ2) is 9.42. The molecule has 0 unspecified atom stereocenters. The summed E-state index contributed by atoms with van der Waals surface area (Å²) >= 11 is 0. The van der Waals surface area contributed by atoms with E-state index >= 15 is 0 Å². The molecule has 0 saturated heterocycles. The Labute approximate surface area is 232 Å². The minimum Gasteiger partial charge on any atom is -0.268 e. The predicted molar refractivity (Wildman–Crippen MR) is 162 cm³/mol. The second-order valence-electron chi connectivity index (χ2n) is 10.6. The summed E-state index contributed by atoms with van der Waals surface area (Å²) in [5, 5.41) is 1.05. The lowest BCUT2D eigenvalue weighted by molar-refractivity contribution is 0.892. The van der Waals surface area contributed by atoms with Gasteiger partial charge in [0.2, 0.25) is 0 Å². The Morgan fingerprint density at radius 1 is 0.475 bits per heavy atom. The lowest BCUT2D eigenvalue weighted by Gasteiger charge is -2.14. The molecule has 2 aromatic heterocycles. The number of hydrogen-bond donors (Lipinski definition) is 0. The zero-order chi connectivity index (χ0) is 28.3. The molecule has 0 amide bonds. The van der Waals surface area contributed by atoms with Crippen molar-refractivity contribution in [3.63, 3.8) is 0 Å². The summed E-state index contributed by atoms with van der Waals surface area (Å²) in [6.07, 6.45) is 0. The second-order valence-corrected chi connectivity index (χ2v) is 10.6. The molecule has 0 spiro atoms. The monoisotopic (exact) mass is 526 g/mol. The Morgan fingerprint density at radius 3 is 1.25 bits per heavy atom. The summed E-state index contributed by atoms with van der Waals surface area (Å²) in [6.45, 7) is 11.9. The zero-order valence-corrected chi connectivity index (χ0v) is 23.5. The summed E-state index contributed by atoms with van der Waals surface area (Å²) in [5.41, 5.74) is 8.87. The third-order valence-electron chi connectivity index (χ3n) is 7.90. The predicted octanol–water partition coefficient (Wildman–Crippen LogP) is 6.60. The quantitative estimate of drug-likeness (QED) is 0.260. The van der Waals surface area contributed by atoms with Gasteiger partial charge in [-0.2, -0.15) is 0 Å². The Kier molecular flexibility index (Phi) is 5.99. The largest absolute Gasteiger partial charge is 0.268 e. The number of nitrogens with zero attached hydrogens (tertiary/aromatic N) is 4. The topological polar surface area (TPSA) is 69.8 Å². The van der Waals surface area contributed by atoms with Gasteiger partial charge in [0.15, 0.2) is 0 Å². The number of fused-ring (bicyclic) bond motifs is 2. The van der Waals surface area contributed by atoms with Crippen LogP contribution in [0.25, 0.3) is 44.3 Å². The van der Waals surface area contributed by atoms with Crippen molar-refractivity contribution < 1.29 is 0 Å². The van der Waals surface area contributed by atoms with Crippen molar-refractivity contribution in [2.45, 2.75) is 41.5 Å². The molecule has 0 radical (unpaired) electrons. The number of rotatable bonds is 3. The van der Waals surface area contributed by atoms with Crippen LogP contribution in [0, 0.1) is 41.5 Å². The molecule has 6 aromatic rings.